The highest BCUT2D eigenvalue weighted by Crippen LogP contribution is 2.32. The standard InChI is InChI=1S/C14H18O2S/c1-16-14(15)12-8-4-5-9-13(12)17-10-11-6-2-3-7-11/h4-5,8-9,11H,2-3,6-7,10H2,1H3. The van der Waals surface area contributed by atoms with Crippen molar-refractivity contribution >= 4 is 17.7 Å². The summed E-state index contributed by atoms with van der Waals surface area (Å²) in [6, 6.07) is 7.70. The lowest BCUT2D eigenvalue weighted by molar-refractivity contribution is 0.0597. The Bertz CT molecular complexity index is 384. The Labute approximate surface area is 107 Å². The fourth-order valence-corrected chi connectivity index (χ4v) is 3.49. The smallest absolute Gasteiger partial charge is 0.338 e. The summed E-state index contributed by atoms with van der Waals surface area (Å²) < 4.78 is 4.80. The molecule has 2 rings (SSSR count). The number of benzene rings is 1. The van der Waals surface area contributed by atoms with Crippen LogP contribution in [0.2, 0.25) is 0 Å². The lowest BCUT2D eigenvalue weighted by Gasteiger charge is -2.10. The molecule has 0 spiro atoms. The predicted octanol–water partition coefficient (Wildman–Crippen LogP) is 3.76. The molecule has 1 fully saturated rings. The number of thioether (sulfide) groups is 1. The average molecular weight is 250 g/mol. The van der Waals surface area contributed by atoms with Crippen molar-refractivity contribution < 1.29 is 9.53 Å². The second-order valence-electron chi connectivity index (χ2n) is 4.45. The minimum absolute atomic E-state index is 0.237. The first kappa shape index (κ1) is 12.5. The Morgan fingerprint density at radius 1 is 1.35 bits per heavy atom. The largest absolute Gasteiger partial charge is 0.465 e. The zero-order valence-corrected chi connectivity index (χ0v) is 11.0. The van der Waals surface area contributed by atoms with Gasteiger partial charge in [0.25, 0.3) is 0 Å². The van der Waals surface area contributed by atoms with Crippen LogP contribution >= 0.6 is 11.8 Å². The van der Waals surface area contributed by atoms with Gasteiger partial charge < -0.3 is 4.74 Å². The Balaban J connectivity index is 2.01. The molecule has 0 radical (unpaired) electrons. The van der Waals surface area contributed by atoms with E-state index in [2.05, 4.69) is 0 Å². The number of esters is 1. The third kappa shape index (κ3) is 3.25. The summed E-state index contributed by atoms with van der Waals surface area (Å²) in [5, 5.41) is 0. The van der Waals surface area contributed by atoms with Crippen LogP contribution in [0, 0.1) is 5.92 Å². The van der Waals surface area contributed by atoms with Gasteiger partial charge in [-0.15, -0.1) is 11.8 Å². The van der Waals surface area contributed by atoms with Gasteiger partial charge in [-0.2, -0.15) is 0 Å². The van der Waals surface area contributed by atoms with Crippen LogP contribution in [-0.4, -0.2) is 18.8 Å². The molecule has 92 valence electrons. The molecule has 0 N–H and O–H groups in total. The molecule has 0 amide bonds. The van der Waals surface area contributed by atoms with Gasteiger partial charge in [0.05, 0.1) is 12.7 Å². The maximum atomic E-state index is 11.6. The molecule has 1 aromatic carbocycles. The first-order valence-corrected chi connectivity index (χ1v) is 7.10. The topological polar surface area (TPSA) is 26.3 Å². The van der Waals surface area contributed by atoms with Crippen LogP contribution in [0.15, 0.2) is 29.2 Å². The van der Waals surface area contributed by atoms with Gasteiger partial charge in [-0.25, -0.2) is 4.79 Å². The molecular weight excluding hydrogens is 232 g/mol. The van der Waals surface area contributed by atoms with Crippen LogP contribution in [-0.2, 0) is 4.74 Å². The highest BCUT2D eigenvalue weighted by Gasteiger charge is 2.17. The fraction of sp³-hybridized carbons (Fsp3) is 0.500. The Kier molecular flexibility index (Phi) is 4.49. The molecule has 0 aliphatic heterocycles. The normalized spacial score (nSPS) is 16.1. The highest BCUT2D eigenvalue weighted by atomic mass is 32.2. The molecule has 0 bridgehead atoms. The predicted molar refractivity (Wildman–Crippen MR) is 70.5 cm³/mol. The lowest BCUT2D eigenvalue weighted by atomic mass is 10.1. The van der Waals surface area contributed by atoms with Gasteiger partial charge in [0, 0.05) is 10.6 Å². The van der Waals surface area contributed by atoms with E-state index in [0.29, 0.717) is 5.56 Å². The quantitative estimate of drug-likeness (QED) is 0.601. The maximum Gasteiger partial charge on any atom is 0.338 e. The Morgan fingerprint density at radius 2 is 2.06 bits per heavy atom. The number of carbonyl (C=O) groups is 1. The zero-order valence-electron chi connectivity index (χ0n) is 10.1. The molecule has 2 nitrogen and oxygen atoms in total. The van der Waals surface area contributed by atoms with E-state index in [1.165, 1.54) is 32.8 Å². The third-order valence-corrected chi connectivity index (χ3v) is 4.55. The van der Waals surface area contributed by atoms with Crippen molar-refractivity contribution in [3.8, 4) is 0 Å². The molecule has 1 aliphatic rings. The molecule has 0 aromatic heterocycles. The minimum Gasteiger partial charge on any atom is -0.465 e. The van der Waals surface area contributed by atoms with Crippen LogP contribution in [0.3, 0.4) is 0 Å². The zero-order chi connectivity index (χ0) is 12.1. The average Bonchev–Trinajstić information content (AvgIpc) is 2.89. The van der Waals surface area contributed by atoms with E-state index in [9.17, 15) is 4.79 Å². The maximum absolute atomic E-state index is 11.6. The van der Waals surface area contributed by atoms with Gasteiger partial charge in [-0.3, -0.25) is 0 Å². The molecule has 0 heterocycles. The first-order chi connectivity index (χ1) is 8.31. The van der Waals surface area contributed by atoms with Crippen LogP contribution in [0.25, 0.3) is 0 Å². The second-order valence-corrected chi connectivity index (χ2v) is 5.51. The van der Waals surface area contributed by atoms with Crippen molar-refractivity contribution in [2.75, 3.05) is 12.9 Å². The van der Waals surface area contributed by atoms with Gasteiger partial charge in [0.15, 0.2) is 0 Å². The first-order valence-electron chi connectivity index (χ1n) is 6.11. The monoisotopic (exact) mass is 250 g/mol. The number of ether oxygens (including phenoxy) is 1. The number of hydrogen-bond acceptors (Lipinski definition) is 3. The molecule has 17 heavy (non-hydrogen) atoms. The van der Waals surface area contributed by atoms with Crippen LogP contribution < -0.4 is 0 Å². The van der Waals surface area contributed by atoms with Crippen molar-refractivity contribution in [3.05, 3.63) is 29.8 Å². The van der Waals surface area contributed by atoms with Crippen molar-refractivity contribution in [2.24, 2.45) is 5.92 Å². The summed E-state index contributed by atoms with van der Waals surface area (Å²) in [6.45, 7) is 0. The summed E-state index contributed by atoms with van der Waals surface area (Å²) in [6.07, 6.45) is 5.41. The Hall–Kier alpha value is -0.960. The van der Waals surface area contributed by atoms with Crippen molar-refractivity contribution in [3.63, 3.8) is 0 Å². The second kappa shape index (κ2) is 6.10. The molecule has 1 aromatic rings. The van der Waals surface area contributed by atoms with Gasteiger partial charge in [0.1, 0.15) is 0 Å². The molecule has 1 saturated carbocycles. The van der Waals surface area contributed by atoms with Crippen LogP contribution in [0.5, 0.6) is 0 Å². The molecule has 1 aliphatic carbocycles. The van der Waals surface area contributed by atoms with Crippen molar-refractivity contribution in [1.82, 2.24) is 0 Å². The van der Waals surface area contributed by atoms with Crippen LogP contribution in [0.1, 0.15) is 36.0 Å². The Morgan fingerprint density at radius 3 is 2.76 bits per heavy atom. The van der Waals surface area contributed by atoms with E-state index in [-0.39, 0.29) is 5.97 Å². The van der Waals surface area contributed by atoms with E-state index >= 15 is 0 Å². The SMILES string of the molecule is COC(=O)c1ccccc1SCC1CCCC1. The van der Waals surface area contributed by atoms with E-state index in [0.717, 1.165) is 16.6 Å². The fourth-order valence-electron chi connectivity index (χ4n) is 2.26. The van der Waals surface area contributed by atoms with Crippen molar-refractivity contribution in [2.45, 2.75) is 30.6 Å². The van der Waals surface area contributed by atoms with E-state index in [1.54, 1.807) is 11.8 Å². The van der Waals surface area contributed by atoms with Gasteiger partial charge >= 0.3 is 5.97 Å². The van der Waals surface area contributed by atoms with Crippen molar-refractivity contribution in [1.29, 1.82) is 0 Å². The van der Waals surface area contributed by atoms with E-state index in [4.69, 9.17) is 4.74 Å². The minimum atomic E-state index is -0.237. The highest BCUT2D eigenvalue weighted by molar-refractivity contribution is 7.99. The third-order valence-electron chi connectivity index (χ3n) is 3.24. The number of methoxy groups -OCH3 is 1. The molecule has 0 saturated heterocycles. The summed E-state index contributed by atoms with van der Waals surface area (Å²) in [5.41, 5.74) is 0.693. The lowest BCUT2D eigenvalue weighted by Crippen LogP contribution is -2.04. The van der Waals surface area contributed by atoms with Gasteiger partial charge in [0.2, 0.25) is 0 Å². The molecule has 3 heteroatoms. The van der Waals surface area contributed by atoms with Gasteiger partial charge in [-0.05, 0) is 30.9 Å². The number of rotatable bonds is 4. The van der Waals surface area contributed by atoms with E-state index < -0.39 is 0 Å². The summed E-state index contributed by atoms with van der Waals surface area (Å²) in [5.74, 6) is 1.71. The summed E-state index contributed by atoms with van der Waals surface area (Å²) in [7, 11) is 1.43. The molecule has 0 atom stereocenters. The van der Waals surface area contributed by atoms with Crippen LogP contribution in [0.4, 0.5) is 0 Å². The van der Waals surface area contributed by atoms with E-state index in [1.807, 2.05) is 24.3 Å². The summed E-state index contributed by atoms with van der Waals surface area (Å²) in [4.78, 5) is 12.6. The molecular formula is C14H18O2S. The van der Waals surface area contributed by atoms with Gasteiger partial charge in [-0.1, -0.05) is 25.0 Å². The summed E-state index contributed by atoms with van der Waals surface area (Å²) >= 11 is 1.79. The number of hydrogen-bond donors (Lipinski definition) is 0. The molecule has 0 unspecified atom stereocenters. The number of carbonyl (C=O) groups excluding carboxylic acids is 1.